The summed E-state index contributed by atoms with van der Waals surface area (Å²) >= 11 is 6.20. The first-order chi connectivity index (χ1) is 12.6. The van der Waals surface area contributed by atoms with Crippen LogP contribution in [0.1, 0.15) is 24.2 Å². The molecule has 1 saturated carbocycles. The second-order valence-electron chi connectivity index (χ2n) is 6.60. The van der Waals surface area contributed by atoms with Gasteiger partial charge in [-0.25, -0.2) is 9.36 Å². The van der Waals surface area contributed by atoms with E-state index in [4.69, 9.17) is 11.6 Å². The van der Waals surface area contributed by atoms with E-state index in [1.54, 1.807) is 15.6 Å². The predicted molar refractivity (Wildman–Crippen MR) is 95.3 cm³/mol. The average Bonchev–Trinajstić information content (AvgIpc) is 3.19. The van der Waals surface area contributed by atoms with Crippen molar-refractivity contribution in [3.05, 3.63) is 59.1 Å². The Hall–Kier alpha value is -2.67. The molecular weight excluding hydrogens is 354 g/mol. The number of aliphatic carboxylic acids is 1. The molecule has 0 saturated heterocycles. The van der Waals surface area contributed by atoms with Crippen LogP contribution in [0.5, 0.6) is 0 Å². The lowest BCUT2D eigenvalue weighted by molar-refractivity contribution is -0.142. The quantitative estimate of drug-likeness (QED) is 0.690. The number of nitrogens with zero attached hydrogens (tertiary/aromatic N) is 5. The fourth-order valence-electron chi connectivity index (χ4n) is 3.07. The summed E-state index contributed by atoms with van der Waals surface area (Å²) in [5, 5.41) is 22.7. The summed E-state index contributed by atoms with van der Waals surface area (Å²) in [5.74, 6) is -0.830. The van der Waals surface area contributed by atoms with Gasteiger partial charge >= 0.3 is 5.97 Å². The summed E-state index contributed by atoms with van der Waals surface area (Å²) in [6, 6.07) is 9.40. The SMILES string of the molecule is O=C(O)C(Cc1cn(Cc2ccn(-c3ccccc3Cl)n2)nn1)C1CC1. The van der Waals surface area contributed by atoms with Crippen LogP contribution in [-0.4, -0.2) is 35.9 Å². The number of rotatable bonds is 7. The van der Waals surface area contributed by atoms with E-state index in [0.29, 0.717) is 23.7 Å². The van der Waals surface area contributed by atoms with E-state index in [2.05, 4.69) is 15.4 Å². The minimum absolute atomic E-state index is 0.281. The number of para-hydroxylation sites is 1. The van der Waals surface area contributed by atoms with Crippen LogP contribution >= 0.6 is 11.6 Å². The number of hydrogen-bond donors (Lipinski definition) is 1. The van der Waals surface area contributed by atoms with Crippen molar-refractivity contribution in [1.29, 1.82) is 0 Å². The van der Waals surface area contributed by atoms with Gasteiger partial charge in [-0.15, -0.1) is 5.10 Å². The number of benzene rings is 1. The van der Waals surface area contributed by atoms with Gasteiger partial charge in [-0.1, -0.05) is 28.9 Å². The minimum atomic E-state index is -0.750. The number of halogens is 1. The highest BCUT2D eigenvalue weighted by Gasteiger charge is 2.36. The van der Waals surface area contributed by atoms with Crippen molar-refractivity contribution in [3.63, 3.8) is 0 Å². The summed E-state index contributed by atoms with van der Waals surface area (Å²) in [7, 11) is 0. The summed E-state index contributed by atoms with van der Waals surface area (Å²) in [5.41, 5.74) is 2.33. The van der Waals surface area contributed by atoms with Gasteiger partial charge < -0.3 is 5.11 Å². The fourth-order valence-corrected chi connectivity index (χ4v) is 3.29. The van der Waals surface area contributed by atoms with E-state index in [1.807, 2.05) is 36.5 Å². The number of hydrogen-bond acceptors (Lipinski definition) is 4. The molecule has 2 aromatic heterocycles. The van der Waals surface area contributed by atoms with Crippen molar-refractivity contribution in [2.24, 2.45) is 11.8 Å². The molecule has 8 heteroatoms. The maximum atomic E-state index is 11.4. The molecule has 1 unspecified atom stereocenters. The molecule has 1 aliphatic carbocycles. The molecule has 2 heterocycles. The lowest BCUT2D eigenvalue weighted by Gasteiger charge is -2.07. The molecule has 0 radical (unpaired) electrons. The first-order valence-electron chi connectivity index (χ1n) is 8.51. The summed E-state index contributed by atoms with van der Waals surface area (Å²) in [6.45, 7) is 0.464. The summed E-state index contributed by atoms with van der Waals surface area (Å²) < 4.78 is 3.41. The zero-order chi connectivity index (χ0) is 18.1. The van der Waals surface area contributed by atoms with Crippen LogP contribution in [-0.2, 0) is 17.8 Å². The molecule has 1 aromatic carbocycles. The molecule has 0 aliphatic heterocycles. The van der Waals surface area contributed by atoms with Crippen molar-refractivity contribution >= 4 is 17.6 Å². The predicted octanol–water partition coefficient (Wildman–Crippen LogP) is 2.82. The van der Waals surface area contributed by atoms with E-state index in [-0.39, 0.29) is 11.8 Å². The van der Waals surface area contributed by atoms with Gasteiger partial charge in [0, 0.05) is 18.8 Å². The minimum Gasteiger partial charge on any atom is -0.481 e. The highest BCUT2D eigenvalue weighted by atomic mass is 35.5. The molecule has 1 N–H and O–H groups in total. The van der Waals surface area contributed by atoms with Crippen LogP contribution in [0.25, 0.3) is 5.69 Å². The average molecular weight is 372 g/mol. The van der Waals surface area contributed by atoms with Gasteiger partial charge in [0.05, 0.1) is 34.6 Å². The summed E-state index contributed by atoms with van der Waals surface area (Å²) in [4.78, 5) is 11.4. The Balaban J connectivity index is 1.45. The number of carboxylic acids is 1. The van der Waals surface area contributed by atoms with Crippen molar-refractivity contribution in [2.45, 2.75) is 25.8 Å². The van der Waals surface area contributed by atoms with Gasteiger partial charge in [-0.05, 0) is 37.0 Å². The van der Waals surface area contributed by atoms with Crippen molar-refractivity contribution in [3.8, 4) is 5.69 Å². The molecule has 1 fully saturated rings. The van der Waals surface area contributed by atoms with E-state index in [1.165, 1.54) is 0 Å². The maximum absolute atomic E-state index is 11.4. The Morgan fingerprint density at radius 1 is 1.27 bits per heavy atom. The Morgan fingerprint density at radius 2 is 2.08 bits per heavy atom. The Kier molecular flexibility index (Phi) is 4.46. The maximum Gasteiger partial charge on any atom is 0.307 e. The second-order valence-corrected chi connectivity index (χ2v) is 7.00. The number of aromatic nitrogens is 5. The van der Waals surface area contributed by atoms with Crippen LogP contribution in [0, 0.1) is 11.8 Å². The molecule has 0 amide bonds. The van der Waals surface area contributed by atoms with Gasteiger partial charge in [0.25, 0.3) is 0 Å². The number of carboxylic acid groups (broad SMARTS) is 1. The largest absolute Gasteiger partial charge is 0.481 e. The molecule has 0 spiro atoms. The van der Waals surface area contributed by atoms with Crippen LogP contribution in [0.15, 0.2) is 42.7 Å². The lowest BCUT2D eigenvalue weighted by atomic mass is 9.98. The fraction of sp³-hybridized carbons (Fsp3) is 0.333. The Bertz CT molecular complexity index is 931. The molecule has 1 aliphatic rings. The monoisotopic (exact) mass is 371 g/mol. The molecule has 134 valence electrons. The highest BCUT2D eigenvalue weighted by molar-refractivity contribution is 6.32. The third-order valence-corrected chi connectivity index (χ3v) is 4.91. The third kappa shape index (κ3) is 3.62. The number of carbonyl (C=O) groups is 1. The van der Waals surface area contributed by atoms with Crippen molar-refractivity contribution in [1.82, 2.24) is 24.8 Å². The molecule has 0 bridgehead atoms. The first-order valence-corrected chi connectivity index (χ1v) is 8.89. The highest BCUT2D eigenvalue weighted by Crippen LogP contribution is 2.38. The van der Waals surface area contributed by atoms with E-state index in [0.717, 1.165) is 24.2 Å². The van der Waals surface area contributed by atoms with Crippen LogP contribution in [0.4, 0.5) is 0 Å². The normalized spacial score (nSPS) is 15.1. The first kappa shape index (κ1) is 16.8. The van der Waals surface area contributed by atoms with Crippen LogP contribution in [0.2, 0.25) is 5.02 Å². The van der Waals surface area contributed by atoms with Gasteiger partial charge in [0.1, 0.15) is 0 Å². The zero-order valence-corrected chi connectivity index (χ0v) is 14.8. The Morgan fingerprint density at radius 3 is 2.81 bits per heavy atom. The molecular formula is C18H18ClN5O2. The van der Waals surface area contributed by atoms with Gasteiger partial charge in [-0.3, -0.25) is 4.79 Å². The summed E-state index contributed by atoms with van der Waals surface area (Å²) in [6.07, 6.45) is 6.05. The van der Waals surface area contributed by atoms with Crippen molar-refractivity contribution < 1.29 is 9.90 Å². The van der Waals surface area contributed by atoms with E-state index >= 15 is 0 Å². The standard InChI is InChI=1S/C18H18ClN5O2/c19-16-3-1-2-4-17(16)24-8-7-13(21-24)10-23-11-14(20-22-23)9-15(18(25)26)12-5-6-12/h1-4,7-8,11-12,15H,5-6,9-10H2,(H,25,26). The van der Waals surface area contributed by atoms with E-state index in [9.17, 15) is 9.90 Å². The smallest absolute Gasteiger partial charge is 0.307 e. The Labute approximate surface area is 155 Å². The van der Waals surface area contributed by atoms with Crippen LogP contribution < -0.4 is 0 Å². The zero-order valence-electron chi connectivity index (χ0n) is 14.0. The van der Waals surface area contributed by atoms with Crippen molar-refractivity contribution in [2.75, 3.05) is 0 Å². The van der Waals surface area contributed by atoms with Gasteiger partial charge in [-0.2, -0.15) is 5.10 Å². The topological polar surface area (TPSA) is 85.8 Å². The van der Waals surface area contributed by atoms with Crippen LogP contribution in [0.3, 0.4) is 0 Å². The molecule has 1 atom stereocenters. The van der Waals surface area contributed by atoms with E-state index < -0.39 is 5.97 Å². The second kappa shape index (κ2) is 6.92. The van der Waals surface area contributed by atoms with Gasteiger partial charge in [0.2, 0.25) is 0 Å². The molecule has 3 aromatic rings. The lowest BCUT2D eigenvalue weighted by Crippen LogP contribution is -2.18. The molecule has 26 heavy (non-hydrogen) atoms. The molecule has 7 nitrogen and oxygen atoms in total. The molecule has 4 rings (SSSR count). The third-order valence-electron chi connectivity index (χ3n) is 4.59. The van der Waals surface area contributed by atoms with Gasteiger partial charge in [0.15, 0.2) is 0 Å².